The zero-order valence-electron chi connectivity index (χ0n) is 8.05. The Hall–Kier alpha value is -0.590. The van der Waals surface area contributed by atoms with Gasteiger partial charge in [0.05, 0.1) is 0 Å². The molecule has 0 radical (unpaired) electrons. The first-order chi connectivity index (χ1) is 5.53. The monoisotopic (exact) mass is 164 g/mol. The highest BCUT2D eigenvalue weighted by Crippen LogP contribution is 2.52. The summed E-state index contributed by atoms with van der Waals surface area (Å²) in [5.74, 6) is 1.34. The Morgan fingerprint density at radius 2 is 2.17 bits per heavy atom. The van der Waals surface area contributed by atoms with Crippen LogP contribution in [0.4, 0.5) is 0 Å². The molecule has 1 heteroatoms. The highest BCUT2D eigenvalue weighted by molar-refractivity contribution is 5.85. The fourth-order valence-electron chi connectivity index (χ4n) is 2.95. The van der Waals surface area contributed by atoms with Crippen LogP contribution < -0.4 is 0 Å². The summed E-state index contributed by atoms with van der Waals surface area (Å²) < 4.78 is 0. The quantitative estimate of drug-likeness (QED) is 0.503. The molecule has 2 bridgehead atoms. The van der Waals surface area contributed by atoms with Crippen molar-refractivity contribution in [3.63, 3.8) is 0 Å². The second-order valence-electron chi connectivity index (χ2n) is 4.77. The Morgan fingerprint density at radius 1 is 1.50 bits per heavy atom. The van der Waals surface area contributed by atoms with Gasteiger partial charge in [-0.05, 0) is 24.7 Å². The zero-order chi connectivity index (χ0) is 8.93. The number of fused-ring (bicyclic) bond motifs is 2. The molecular formula is C11H16O. The molecular weight excluding hydrogens is 148 g/mol. The van der Waals surface area contributed by atoms with Crippen LogP contribution in [0.2, 0.25) is 0 Å². The lowest BCUT2D eigenvalue weighted by molar-refractivity contribution is -0.127. The SMILES string of the molecule is CC1=CC2C(=O)CCC1C2(C)C. The van der Waals surface area contributed by atoms with Crippen molar-refractivity contribution in [1.29, 1.82) is 0 Å². The molecule has 2 rings (SSSR count). The van der Waals surface area contributed by atoms with Crippen molar-refractivity contribution in [3.8, 4) is 0 Å². The largest absolute Gasteiger partial charge is 0.299 e. The van der Waals surface area contributed by atoms with E-state index in [2.05, 4.69) is 26.8 Å². The number of Topliss-reactive ketones (excluding diaryl/α,β-unsaturated/α-hetero) is 1. The van der Waals surface area contributed by atoms with E-state index in [0.717, 1.165) is 12.8 Å². The Kier molecular flexibility index (Phi) is 1.48. The Balaban J connectivity index is 2.42. The van der Waals surface area contributed by atoms with Crippen LogP contribution in [-0.4, -0.2) is 5.78 Å². The van der Waals surface area contributed by atoms with E-state index < -0.39 is 0 Å². The van der Waals surface area contributed by atoms with Crippen LogP contribution in [0.5, 0.6) is 0 Å². The van der Waals surface area contributed by atoms with Gasteiger partial charge in [-0.3, -0.25) is 4.79 Å². The normalized spacial score (nSPS) is 38.2. The third-order valence-electron chi connectivity index (χ3n) is 3.71. The lowest BCUT2D eigenvalue weighted by atomic mass is 9.65. The molecule has 2 atom stereocenters. The van der Waals surface area contributed by atoms with Crippen LogP contribution in [-0.2, 0) is 4.79 Å². The maximum atomic E-state index is 11.6. The molecule has 0 N–H and O–H groups in total. The molecule has 1 saturated carbocycles. The van der Waals surface area contributed by atoms with Gasteiger partial charge in [0, 0.05) is 12.3 Å². The number of hydrogen-bond acceptors (Lipinski definition) is 1. The predicted molar refractivity (Wildman–Crippen MR) is 48.8 cm³/mol. The van der Waals surface area contributed by atoms with Crippen LogP contribution >= 0.6 is 0 Å². The van der Waals surface area contributed by atoms with Gasteiger partial charge < -0.3 is 0 Å². The highest BCUT2D eigenvalue weighted by atomic mass is 16.1. The topological polar surface area (TPSA) is 17.1 Å². The summed E-state index contributed by atoms with van der Waals surface area (Å²) in [4.78, 5) is 11.6. The second-order valence-corrected chi connectivity index (χ2v) is 4.77. The molecule has 66 valence electrons. The van der Waals surface area contributed by atoms with Crippen molar-refractivity contribution < 1.29 is 4.79 Å². The third kappa shape index (κ3) is 0.825. The standard InChI is InChI=1S/C11H16O/c1-7-6-9-10(12)5-4-8(7)11(9,2)3/h6,8-9H,4-5H2,1-3H3. The molecule has 2 aliphatic carbocycles. The summed E-state index contributed by atoms with van der Waals surface area (Å²) in [7, 11) is 0. The van der Waals surface area contributed by atoms with Gasteiger partial charge >= 0.3 is 0 Å². The van der Waals surface area contributed by atoms with Gasteiger partial charge in [-0.1, -0.05) is 25.5 Å². The lowest BCUT2D eigenvalue weighted by Gasteiger charge is -2.37. The highest BCUT2D eigenvalue weighted by Gasteiger charge is 2.48. The summed E-state index contributed by atoms with van der Waals surface area (Å²) in [6.45, 7) is 6.63. The van der Waals surface area contributed by atoms with Crippen LogP contribution in [0.25, 0.3) is 0 Å². The van der Waals surface area contributed by atoms with Gasteiger partial charge in [-0.25, -0.2) is 0 Å². The number of hydrogen-bond donors (Lipinski definition) is 0. The molecule has 2 unspecified atom stereocenters. The smallest absolute Gasteiger partial charge is 0.140 e. The molecule has 0 saturated heterocycles. The minimum atomic E-state index is 0.208. The Labute approximate surface area is 73.8 Å². The van der Waals surface area contributed by atoms with E-state index in [1.54, 1.807) is 0 Å². The van der Waals surface area contributed by atoms with Crippen LogP contribution in [0.1, 0.15) is 33.6 Å². The molecule has 0 amide bonds. The van der Waals surface area contributed by atoms with Gasteiger partial charge in [-0.2, -0.15) is 0 Å². The molecule has 0 aromatic rings. The first-order valence-corrected chi connectivity index (χ1v) is 4.74. The van der Waals surface area contributed by atoms with Crippen LogP contribution in [0, 0.1) is 17.3 Å². The van der Waals surface area contributed by atoms with Gasteiger partial charge in [0.25, 0.3) is 0 Å². The number of ketones is 1. The van der Waals surface area contributed by atoms with Crippen molar-refractivity contribution in [2.24, 2.45) is 17.3 Å². The van der Waals surface area contributed by atoms with Crippen molar-refractivity contribution in [3.05, 3.63) is 11.6 Å². The molecule has 1 nitrogen and oxygen atoms in total. The summed E-state index contributed by atoms with van der Waals surface area (Å²) in [6.07, 6.45) is 4.07. The van der Waals surface area contributed by atoms with Gasteiger partial charge in [0.1, 0.15) is 5.78 Å². The maximum Gasteiger partial charge on any atom is 0.140 e. The molecule has 0 aromatic carbocycles. The molecule has 1 fully saturated rings. The number of allylic oxidation sites excluding steroid dienone is 2. The number of carbonyl (C=O) groups is 1. The minimum absolute atomic E-state index is 0.208. The maximum absolute atomic E-state index is 11.6. The molecule has 12 heavy (non-hydrogen) atoms. The van der Waals surface area contributed by atoms with E-state index in [1.165, 1.54) is 5.57 Å². The second kappa shape index (κ2) is 2.21. The average Bonchev–Trinajstić information content (AvgIpc) is 2.14. The van der Waals surface area contributed by atoms with Crippen LogP contribution in [0.15, 0.2) is 11.6 Å². The molecule has 0 aromatic heterocycles. The summed E-state index contributed by atoms with van der Waals surface area (Å²) in [5, 5.41) is 0. The zero-order valence-corrected chi connectivity index (χ0v) is 8.05. The van der Waals surface area contributed by atoms with Gasteiger partial charge in [0.2, 0.25) is 0 Å². The predicted octanol–water partition coefficient (Wildman–Crippen LogP) is 2.57. The summed E-state index contributed by atoms with van der Waals surface area (Å²) >= 11 is 0. The van der Waals surface area contributed by atoms with E-state index in [4.69, 9.17) is 0 Å². The first-order valence-electron chi connectivity index (χ1n) is 4.74. The third-order valence-corrected chi connectivity index (χ3v) is 3.71. The van der Waals surface area contributed by atoms with E-state index in [1.807, 2.05) is 0 Å². The van der Waals surface area contributed by atoms with E-state index in [0.29, 0.717) is 11.7 Å². The van der Waals surface area contributed by atoms with Crippen molar-refractivity contribution in [2.45, 2.75) is 33.6 Å². The number of rotatable bonds is 0. The van der Waals surface area contributed by atoms with Gasteiger partial charge in [0.15, 0.2) is 0 Å². The Bertz CT molecular complexity index is 260. The van der Waals surface area contributed by atoms with Crippen molar-refractivity contribution >= 4 is 5.78 Å². The van der Waals surface area contributed by atoms with Crippen molar-refractivity contribution in [2.75, 3.05) is 0 Å². The minimum Gasteiger partial charge on any atom is -0.299 e. The van der Waals surface area contributed by atoms with Crippen molar-refractivity contribution in [1.82, 2.24) is 0 Å². The van der Waals surface area contributed by atoms with E-state index in [-0.39, 0.29) is 11.3 Å². The fourth-order valence-corrected chi connectivity index (χ4v) is 2.95. The van der Waals surface area contributed by atoms with E-state index >= 15 is 0 Å². The molecule has 0 spiro atoms. The fraction of sp³-hybridized carbons (Fsp3) is 0.727. The molecule has 0 aliphatic heterocycles. The molecule has 2 aliphatic rings. The summed E-state index contributed by atoms with van der Waals surface area (Å²) in [6, 6.07) is 0. The van der Waals surface area contributed by atoms with E-state index in [9.17, 15) is 4.79 Å². The average molecular weight is 164 g/mol. The van der Waals surface area contributed by atoms with Gasteiger partial charge in [-0.15, -0.1) is 0 Å². The van der Waals surface area contributed by atoms with Crippen LogP contribution in [0.3, 0.4) is 0 Å². The Morgan fingerprint density at radius 3 is 2.75 bits per heavy atom. The lowest BCUT2D eigenvalue weighted by Crippen LogP contribution is -2.36. The number of carbonyl (C=O) groups excluding carboxylic acids is 1. The summed E-state index contributed by atoms with van der Waals surface area (Å²) in [5.41, 5.74) is 1.65. The molecule has 0 heterocycles. The first kappa shape index (κ1) is 8.03.